The predicted molar refractivity (Wildman–Crippen MR) is 59.2 cm³/mol. The Morgan fingerprint density at radius 1 is 1.47 bits per heavy atom. The highest BCUT2D eigenvalue weighted by Crippen LogP contribution is 2.26. The van der Waals surface area contributed by atoms with Crippen LogP contribution in [-0.4, -0.2) is 23.6 Å². The Labute approximate surface area is 90.1 Å². The molecule has 0 amide bonds. The molecular formula is C11H17N3O. The zero-order valence-corrected chi connectivity index (χ0v) is 9.29. The van der Waals surface area contributed by atoms with Crippen LogP contribution in [-0.2, 0) is 0 Å². The fourth-order valence-electron chi connectivity index (χ4n) is 1.66. The predicted octanol–water partition coefficient (Wildman–Crippen LogP) is 2.01. The van der Waals surface area contributed by atoms with Crippen molar-refractivity contribution in [3.05, 3.63) is 11.8 Å². The van der Waals surface area contributed by atoms with E-state index in [1.807, 2.05) is 13.0 Å². The Hall–Kier alpha value is -1.32. The van der Waals surface area contributed by atoms with E-state index in [-0.39, 0.29) is 0 Å². The Morgan fingerprint density at radius 2 is 2.27 bits per heavy atom. The average molecular weight is 207 g/mol. The monoisotopic (exact) mass is 207 g/mol. The molecule has 0 aromatic carbocycles. The zero-order valence-electron chi connectivity index (χ0n) is 9.29. The van der Waals surface area contributed by atoms with E-state index in [4.69, 9.17) is 4.74 Å². The third-order valence-electron chi connectivity index (χ3n) is 2.81. The Bertz CT molecular complexity index is 337. The molecule has 1 fully saturated rings. The lowest BCUT2D eigenvalue weighted by molar-refractivity contribution is 0.332. The van der Waals surface area contributed by atoms with E-state index in [0.717, 1.165) is 18.2 Å². The number of anilines is 1. The molecule has 4 heteroatoms. The highest BCUT2D eigenvalue weighted by molar-refractivity contribution is 5.30. The molecule has 4 nitrogen and oxygen atoms in total. The number of hydrogen-bond donors (Lipinski definition) is 1. The van der Waals surface area contributed by atoms with Gasteiger partial charge in [0.25, 0.3) is 0 Å². The molecule has 1 saturated carbocycles. The number of aryl methyl sites for hydroxylation is 1. The van der Waals surface area contributed by atoms with Gasteiger partial charge in [-0.3, -0.25) is 0 Å². The molecule has 1 aliphatic rings. The summed E-state index contributed by atoms with van der Waals surface area (Å²) in [7, 11) is 1.62. The van der Waals surface area contributed by atoms with Crippen molar-refractivity contribution in [3.63, 3.8) is 0 Å². The topological polar surface area (TPSA) is 47.0 Å². The van der Waals surface area contributed by atoms with Crippen molar-refractivity contribution < 1.29 is 4.74 Å². The average Bonchev–Trinajstić information content (AvgIpc) is 2.14. The fraction of sp³-hybridized carbons (Fsp3) is 0.636. The first-order chi connectivity index (χ1) is 7.28. The Balaban J connectivity index is 1.96. The largest absolute Gasteiger partial charge is 0.481 e. The molecule has 0 unspecified atom stereocenters. The minimum Gasteiger partial charge on any atom is -0.481 e. The van der Waals surface area contributed by atoms with E-state index in [2.05, 4.69) is 15.3 Å². The molecule has 1 aromatic rings. The number of aromatic nitrogens is 2. The summed E-state index contributed by atoms with van der Waals surface area (Å²) >= 11 is 0. The van der Waals surface area contributed by atoms with Gasteiger partial charge >= 0.3 is 0 Å². The standard InChI is InChI=1S/C11H17N3O/c1-8-6-10(15-2)14-11(13-8)12-7-9-4-3-5-9/h6,9H,3-5,7H2,1-2H3,(H,12,13,14). The summed E-state index contributed by atoms with van der Waals surface area (Å²) in [6.07, 6.45) is 4.02. The van der Waals surface area contributed by atoms with Crippen LogP contribution in [0.4, 0.5) is 5.95 Å². The second-order valence-corrected chi connectivity index (χ2v) is 4.05. The van der Waals surface area contributed by atoms with Gasteiger partial charge in [-0.2, -0.15) is 4.98 Å². The van der Waals surface area contributed by atoms with Crippen LogP contribution in [0, 0.1) is 12.8 Å². The second-order valence-electron chi connectivity index (χ2n) is 4.05. The minimum atomic E-state index is 0.624. The van der Waals surface area contributed by atoms with Crippen LogP contribution in [0.1, 0.15) is 25.0 Å². The van der Waals surface area contributed by atoms with Crippen LogP contribution in [0.15, 0.2) is 6.07 Å². The number of nitrogens with one attached hydrogen (secondary N) is 1. The number of ether oxygens (including phenoxy) is 1. The van der Waals surface area contributed by atoms with Gasteiger partial charge in [0.15, 0.2) is 0 Å². The molecule has 2 rings (SSSR count). The molecular weight excluding hydrogens is 190 g/mol. The highest BCUT2D eigenvalue weighted by Gasteiger charge is 2.17. The fourth-order valence-corrected chi connectivity index (χ4v) is 1.66. The first-order valence-corrected chi connectivity index (χ1v) is 5.41. The van der Waals surface area contributed by atoms with Gasteiger partial charge in [0, 0.05) is 18.3 Å². The normalized spacial score (nSPS) is 15.9. The van der Waals surface area contributed by atoms with Crippen molar-refractivity contribution in [2.45, 2.75) is 26.2 Å². The van der Waals surface area contributed by atoms with Gasteiger partial charge in [-0.15, -0.1) is 0 Å². The maximum atomic E-state index is 5.09. The van der Waals surface area contributed by atoms with Gasteiger partial charge in [-0.05, 0) is 25.7 Å². The molecule has 15 heavy (non-hydrogen) atoms. The van der Waals surface area contributed by atoms with E-state index < -0.39 is 0 Å². The number of hydrogen-bond acceptors (Lipinski definition) is 4. The summed E-state index contributed by atoms with van der Waals surface area (Å²) in [5.41, 5.74) is 0.929. The highest BCUT2D eigenvalue weighted by atomic mass is 16.5. The number of methoxy groups -OCH3 is 1. The van der Waals surface area contributed by atoms with E-state index in [0.29, 0.717) is 11.8 Å². The molecule has 1 N–H and O–H groups in total. The third-order valence-corrected chi connectivity index (χ3v) is 2.81. The van der Waals surface area contributed by atoms with Crippen LogP contribution in [0.25, 0.3) is 0 Å². The molecule has 0 spiro atoms. The number of rotatable bonds is 4. The van der Waals surface area contributed by atoms with E-state index >= 15 is 0 Å². The lowest BCUT2D eigenvalue weighted by atomic mass is 9.85. The maximum Gasteiger partial charge on any atom is 0.226 e. The molecule has 0 atom stereocenters. The Kier molecular flexibility index (Phi) is 3.04. The first-order valence-electron chi connectivity index (χ1n) is 5.41. The Morgan fingerprint density at radius 3 is 2.87 bits per heavy atom. The van der Waals surface area contributed by atoms with Crippen molar-refractivity contribution in [1.29, 1.82) is 0 Å². The summed E-state index contributed by atoms with van der Waals surface area (Å²) in [6.45, 7) is 2.92. The molecule has 1 aliphatic carbocycles. The molecule has 1 aromatic heterocycles. The number of nitrogens with zero attached hydrogens (tertiary/aromatic N) is 2. The quantitative estimate of drug-likeness (QED) is 0.820. The summed E-state index contributed by atoms with van der Waals surface area (Å²) < 4.78 is 5.09. The molecule has 0 aliphatic heterocycles. The van der Waals surface area contributed by atoms with Gasteiger partial charge in [0.1, 0.15) is 0 Å². The van der Waals surface area contributed by atoms with E-state index in [1.165, 1.54) is 19.3 Å². The van der Waals surface area contributed by atoms with Crippen molar-refractivity contribution in [3.8, 4) is 5.88 Å². The maximum absolute atomic E-state index is 5.09. The second kappa shape index (κ2) is 4.47. The van der Waals surface area contributed by atoms with E-state index in [9.17, 15) is 0 Å². The van der Waals surface area contributed by atoms with Gasteiger partial charge in [-0.25, -0.2) is 4.98 Å². The van der Waals surface area contributed by atoms with Crippen LogP contribution in [0.5, 0.6) is 5.88 Å². The first kappa shape index (κ1) is 10.2. The van der Waals surface area contributed by atoms with Crippen molar-refractivity contribution in [1.82, 2.24) is 9.97 Å². The minimum absolute atomic E-state index is 0.624. The molecule has 0 bridgehead atoms. The summed E-state index contributed by atoms with van der Waals surface area (Å²) in [4.78, 5) is 8.55. The SMILES string of the molecule is COc1cc(C)nc(NCC2CCC2)n1. The van der Waals surface area contributed by atoms with Gasteiger partial charge in [0.2, 0.25) is 11.8 Å². The van der Waals surface area contributed by atoms with Crippen molar-refractivity contribution in [2.75, 3.05) is 19.0 Å². The zero-order chi connectivity index (χ0) is 10.7. The summed E-state index contributed by atoms with van der Waals surface area (Å²) in [5.74, 6) is 2.11. The smallest absolute Gasteiger partial charge is 0.226 e. The van der Waals surface area contributed by atoms with Crippen LogP contribution in [0.2, 0.25) is 0 Å². The molecule has 82 valence electrons. The van der Waals surface area contributed by atoms with Crippen LogP contribution < -0.4 is 10.1 Å². The van der Waals surface area contributed by atoms with Crippen molar-refractivity contribution in [2.24, 2.45) is 5.92 Å². The van der Waals surface area contributed by atoms with Gasteiger partial charge in [-0.1, -0.05) is 6.42 Å². The van der Waals surface area contributed by atoms with Crippen molar-refractivity contribution >= 4 is 5.95 Å². The lowest BCUT2D eigenvalue weighted by Gasteiger charge is -2.25. The molecule has 0 radical (unpaired) electrons. The summed E-state index contributed by atoms with van der Waals surface area (Å²) in [6, 6.07) is 1.83. The van der Waals surface area contributed by atoms with Gasteiger partial charge < -0.3 is 10.1 Å². The van der Waals surface area contributed by atoms with Gasteiger partial charge in [0.05, 0.1) is 7.11 Å². The molecule has 1 heterocycles. The van der Waals surface area contributed by atoms with Crippen LogP contribution in [0.3, 0.4) is 0 Å². The third kappa shape index (κ3) is 2.58. The lowest BCUT2D eigenvalue weighted by Crippen LogP contribution is -2.21. The summed E-state index contributed by atoms with van der Waals surface area (Å²) in [5, 5.41) is 3.26. The van der Waals surface area contributed by atoms with Crippen LogP contribution >= 0.6 is 0 Å². The van der Waals surface area contributed by atoms with E-state index in [1.54, 1.807) is 7.11 Å². The molecule has 0 saturated heterocycles.